The number of hydrogen-bond donors (Lipinski definition) is 2. The van der Waals surface area contributed by atoms with Crippen molar-refractivity contribution in [2.45, 2.75) is 11.8 Å². The van der Waals surface area contributed by atoms with Crippen molar-refractivity contribution in [2.75, 3.05) is 19.6 Å². The van der Waals surface area contributed by atoms with E-state index in [0.29, 0.717) is 11.0 Å². The van der Waals surface area contributed by atoms with E-state index in [4.69, 9.17) is 23.2 Å². The van der Waals surface area contributed by atoms with Gasteiger partial charge in [0, 0.05) is 17.6 Å². The van der Waals surface area contributed by atoms with E-state index < -0.39 is 10.0 Å². The first-order chi connectivity index (χ1) is 8.38. The van der Waals surface area contributed by atoms with Crippen LogP contribution in [-0.2, 0) is 10.0 Å². The van der Waals surface area contributed by atoms with Gasteiger partial charge in [0.15, 0.2) is 0 Å². The van der Waals surface area contributed by atoms with Gasteiger partial charge in [0.25, 0.3) is 0 Å². The molecule has 0 aromatic heterocycles. The largest absolute Gasteiger partial charge is 0.316 e. The van der Waals surface area contributed by atoms with Crippen LogP contribution in [0, 0.1) is 0 Å². The Morgan fingerprint density at radius 1 is 1.22 bits per heavy atom. The first-order valence-electron chi connectivity index (χ1n) is 5.23. The maximum absolute atomic E-state index is 12.0. The lowest BCUT2D eigenvalue weighted by Crippen LogP contribution is -2.32. The highest BCUT2D eigenvalue weighted by molar-refractivity contribution is 9.10. The van der Waals surface area contributed by atoms with E-state index in [1.165, 1.54) is 12.1 Å². The van der Waals surface area contributed by atoms with Crippen LogP contribution in [0.25, 0.3) is 0 Å². The minimum absolute atomic E-state index is 0.0883. The number of rotatable bonds is 6. The van der Waals surface area contributed by atoms with Gasteiger partial charge in [-0.15, -0.1) is 0 Å². The molecule has 1 rings (SSSR count). The van der Waals surface area contributed by atoms with Crippen molar-refractivity contribution < 1.29 is 8.42 Å². The summed E-state index contributed by atoms with van der Waals surface area (Å²) in [5, 5.41) is 3.19. The average molecular weight is 376 g/mol. The zero-order valence-electron chi connectivity index (χ0n) is 9.63. The van der Waals surface area contributed by atoms with Crippen molar-refractivity contribution in [3.8, 4) is 0 Å². The molecule has 0 unspecified atom stereocenters. The maximum Gasteiger partial charge on any atom is 0.243 e. The van der Waals surface area contributed by atoms with Crippen molar-refractivity contribution in [2.24, 2.45) is 0 Å². The average Bonchev–Trinajstić information content (AvgIpc) is 2.22. The zero-order chi connectivity index (χ0) is 13.8. The second-order valence-electron chi connectivity index (χ2n) is 3.45. The Balaban J connectivity index is 2.92. The van der Waals surface area contributed by atoms with Gasteiger partial charge in [0.05, 0.1) is 10.0 Å². The van der Waals surface area contributed by atoms with E-state index in [0.717, 1.165) is 6.54 Å². The number of nitrogens with one attached hydrogen (secondary N) is 2. The number of sulfonamides is 1. The van der Waals surface area contributed by atoms with Gasteiger partial charge < -0.3 is 5.32 Å². The molecule has 0 amide bonds. The summed E-state index contributed by atoms with van der Waals surface area (Å²) in [5.74, 6) is 0. The number of benzene rings is 1. The van der Waals surface area contributed by atoms with E-state index in [2.05, 4.69) is 26.0 Å². The summed E-state index contributed by atoms with van der Waals surface area (Å²) in [6.45, 7) is 3.54. The highest BCUT2D eigenvalue weighted by Crippen LogP contribution is 2.32. The van der Waals surface area contributed by atoms with E-state index in [1.54, 1.807) is 0 Å². The Bertz CT molecular complexity index is 500. The fourth-order valence-corrected chi connectivity index (χ4v) is 4.27. The van der Waals surface area contributed by atoms with Crippen molar-refractivity contribution in [3.63, 3.8) is 0 Å². The van der Waals surface area contributed by atoms with Crippen LogP contribution in [-0.4, -0.2) is 28.1 Å². The molecule has 2 N–H and O–H groups in total. The van der Waals surface area contributed by atoms with Crippen molar-refractivity contribution in [3.05, 3.63) is 26.7 Å². The molecule has 18 heavy (non-hydrogen) atoms. The molecule has 0 aliphatic carbocycles. The van der Waals surface area contributed by atoms with Crippen LogP contribution in [0.3, 0.4) is 0 Å². The molecular weight excluding hydrogens is 363 g/mol. The summed E-state index contributed by atoms with van der Waals surface area (Å²) < 4.78 is 27.1. The summed E-state index contributed by atoms with van der Waals surface area (Å²) in [4.78, 5) is -0.0921. The molecule has 0 bridgehead atoms. The first kappa shape index (κ1) is 16.2. The van der Waals surface area contributed by atoms with Crippen LogP contribution in [0.2, 0.25) is 10.0 Å². The predicted octanol–water partition coefficient (Wildman–Crippen LogP) is 2.64. The third-order valence-electron chi connectivity index (χ3n) is 2.08. The molecule has 102 valence electrons. The van der Waals surface area contributed by atoms with E-state index in [9.17, 15) is 8.42 Å². The van der Waals surface area contributed by atoms with Gasteiger partial charge in [0.2, 0.25) is 10.0 Å². The van der Waals surface area contributed by atoms with Gasteiger partial charge in [-0.05, 0) is 18.7 Å². The minimum Gasteiger partial charge on any atom is -0.316 e. The standard InChI is InChI=1S/C10H13BrCl2N2O2S/c1-2-14-3-4-15-18(16,17)10-8(12)5-7(11)6-9(10)13/h5-6,14-15H,2-4H2,1H3. The molecule has 0 aliphatic heterocycles. The first-order valence-corrected chi connectivity index (χ1v) is 8.26. The third kappa shape index (κ3) is 4.36. The maximum atomic E-state index is 12.0. The molecule has 0 fully saturated rings. The zero-order valence-corrected chi connectivity index (χ0v) is 13.5. The molecule has 0 radical (unpaired) electrons. The molecule has 4 nitrogen and oxygen atoms in total. The highest BCUT2D eigenvalue weighted by Gasteiger charge is 2.21. The van der Waals surface area contributed by atoms with Gasteiger partial charge in [-0.3, -0.25) is 0 Å². The normalized spacial score (nSPS) is 11.8. The van der Waals surface area contributed by atoms with Crippen molar-refractivity contribution >= 4 is 49.2 Å². The van der Waals surface area contributed by atoms with E-state index >= 15 is 0 Å². The topological polar surface area (TPSA) is 58.2 Å². The van der Waals surface area contributed by atoms with Crippen molar-refractivity contribution in [1.82, 2.24) is 10.0 Å². The van der Waals surface area contributed by atoms with Gasteiger partial charge in [0.1, 0.15) is 4.90 Å². The van der Waals surface area contributed by atoms with Gasteiger partial charge in [-0.2, -0.15) is 0 Å². The van der Waals surface area contributed by atoms with Crippen LogP contribution in [0.4, 0.5) is 0 Å². The fourth-order valence-electron chi connectivity index (χ4n) is 1.31. The molecule has 0 atom stereocenters. The molecule has 8 heteroatoms. The fraction of sp³-hybridized carbons (Fsp3) is 0.400. The lowest BCUT2D eigenvalue weighted by Gasteiger charge is -2.10. The summed E-state index contributed by atoms with van der Waals surface area (Å²) in [5.41, 5.74) is 0. The van der Waals surface area contributed by atoms with Crippen LogP contribution in [0.15, 0.2) is 21.5 Å². The van der Waals surface area contributed by atoms with E-state index in [-0.39, 0.29) is 21.5 Å². The molecule has 1 aromatic rings. The van der Waals surface area contributed by atoms with Crippen molar-refractivity contribution in [1.29, 1.82) is 0 Å². The Hall–Kier alpha value is 0.150. The number of halogens is 3. The van der Waals surface area contributed by atoms with Crippen LogP contribution in [0.5, 0.6) is 0 Å². The van der Waals surface area contributed by atoms with Gasteiger partial charge in [-0.25, -0.2) is 13.1 Å². The Morgan fingerprint density at radius 3 is 2.28 bits per heavy atom. The van der Waals surface area contributed by atoms with Crippen LogP contribution in [0.1, 0.15) is 6.92 Å². The van der Waals surface area contributed by atoms with E-state index in [1.807, 2.05) is 6.92 Å². The SMILES string of the molecule is CCNCCNS(=O)(=O)c1c(Cl)cc(Br)cc1Cl. The highest BCUT2D eigenvalue weighted by atomic mass is 79.9. The quantitative estimate of drug-likeness (QED) is 0.751. The molecule has 0 aliphatic rings. The molecule has 0 saturated heterocycles. The summed E-state index contributed by atoms with van der Waals surface area (Å²) in [6, 6.07) is 2.98. The summed E-state index contributed by atoms with van der Waals surface area (Å²) in [7, 11) is -3.69. The molecule has 0 saturated carbocycles. The van der Waals surface area contributed by atoms with Crippen LogP contribution >= 0.6 is 39.1 Å². The molecule has 0 heterocycles. The summed E-state index contributed by atoms with van der Waals surface area (Å²) in [6.07, 6.45) is 0. The molecular formula is C10H13BrCl2N2O2S. The van der Waals surface area contributed by atoms with Gasteiger partial charge >= 0.3 is 0 Å². The number of hydrogen-bond acceptors (Lipinski definition) is 3. The Morgan fingerprint density at radius 2 is 1.78 bits per heavy atom. The van der Waals surface area contributed by atoms with Gasteiger partial charge in [-0.1, -0.05) is 46.1 Å². The Kier molecular flexibility index (Phi) is 6.37. The smallest absolute Gasteiger partial charge is 0.243 e. The molecule has 0 spiro atoms. The lowest BCUT2D eigenvalue weighted by molar-refractivity contribution is 0.577. The monoisotopic (exact) mass is 374 g/mol. The number of likely N-dealkylation sites (N-methyl/N-ethyl adjacent to an activating group) is 1. The van der Waals surface area contributed by atoms with Crippen LogP contribution < -0.4 is 10.0 Å². The predicted molar refractivity (Wildman–Crippen MR) is 77.9 cm³/mol. The third-order valence-corrected chi connectivity index (χ3v) is 4.92. The second kappa shape index (κ2) is 7.07. The second-order valence-corrected chi connectivity index (χ2v) is 6.88. The minimum atomic E-state index is -3.69. The summed E-state index contributed by atoms with van der Waals surface area (Å²) >= 11 is 15.0. The molecule has 1 aromatic carbocycles. The lowest BCUT2D eigenvalue weighted by atomic mass is 10.4. The Labute approximate surface area is 125 Å².